The fourth-order valence-corrected chi connectivity index (χ4v) is 2.89. The van der Waals surface area contributed by atoms with Crippen LogP contribution in [0.5, 0.6) is 0 Å². The Morgan fingerprint density at radius 1 is 1.59 bits per heavy atom. The minimum Gasteiger partial charge on any atom is -0.440 e. The van der Waals surface area contributed by atoms with Crippen molar-refractivity contribution in [2.75, 3.05) is 6.54 Å². The van der Waals surface area contributed by atoms with E-state index in [1.165, 1.54) is 0 Å². The molecule has 0 aromatic rings. The van der Waals surface area contributed by atoms with Crippen molar-refractivity contribution in [2.45, 2.75) is 43.4 Å². The highest BCUT2D eigenvalue weighted by Gasteiger charge is 2.56. The number of nitrogens with zero attached hydrogens (tertiary/aromatic N) is 1. The number of amides is 1. The van der Waals surface area contributed by atoms with E-state index in [1.807, 2.05) is 0 Å². The maximum absolute atomic E-state index is 11.8. The van der Waals surface area contributed by atoms with Crippen molar-refractivity contribution in [3.05, 3.63) is 25.3 Å². The predicted molar refractivity (Wildman–Crippen MR) is 64.6 cm³/mol. The molecule has 2 heterocycles. The first-order chi connectivity index (χ1) is 8.15. The van der Waals surface area contributed by atoms with Crippen LogP contribution in [0.25, 0.3) is 0 Å². The van der Waals surface area contributed by atoms with Crippen LogP contribution in [0.4, 0.5) is 4.79 Å². The van der Waals surface area contributed by atoms with Gasteiger partial charge in [0.25, 0.3) is 0 Å². The fourth-order valence-electron chi connectivity index (χ4n) is 2.89. The molecule has 0 aromatic heterocycles. The van der Waals surface area contributed by atoms with E-state index in [9.17, 15) is 9.90 Å². The third-order valence-electron chi connectivity index (χ3n) is 3.76. The molecule has 4 nitrogen and oxygen atoms in total. The second-order valence-electron chi connectivity index (χ2n) is 4.70. The second kappa shape index (κ2) is 4.53. The Labute approximate surface area is 102 Å². The highest BCUT2D eigenvalue weighted by molar-refractivity contribution is 5.73. The Bertz CT molecular complexity index is 342. The zero-order valence-corrected chi connectivity index (χ0v) is 9.97. The maximum Gasteiger partial charge on any atom is 0.411 e. The summed E-state index contributed by atoms with van der Waals surface area (Å²) in [5.74, 6) is 0. The molecule has 0 saturated carbocycles. The molecule has 3 atom stereocenters. The highest BCUT2D eigenvalue weighted by Crippen LogP contribution is 2.41. The average molecular weight is 237 g/mol. The van der Waals surface area contributed by atoms with Gasteiger partial charge in [-0.15, -0.1) is 13.2 Å². The van der Waals surface area contributed by atoms with E-state index >= 15 is 0 Å². The Kier molecular flexibility index (Phi) is 3.24. The molecule has 2 fully saturated rings. The van der Waals surface area contributed by atoms with Gasteiger partial charge in [-0.1, -0.05) is 12.2 Å². The Hall–Kier alpha value is -1.29. The van der Waals surface area contributed by atoms with Crippen LogP contribution in [0.2, 0.25) is 0 Å². The molecule has 1 amide bonds. The predicted octanol–water partition coefficient (Wildman–Crippen LogP) is 1.85. The molecule has 0 aliphatic carbocycles. The third kappa shape index (κ3) is 1.76. The molecule has 0 radical (unpaired) electrons. The van der Waals surface area contributed by atoms with Gasteiger partial charge in [0.2, 0.25) is 0 Å². The normalized spacial score (nSPS) is 33.8. The molecule has 2 aliphatic heterocycles. The highest BCUT2D eigenvalue weighted by atomic mass is 16.6. The van der Waals surface area contributed by atoms with Gasteiger partial charge in [0.05, 0.1) is 6.10 Å². The van der Waals surface area contributed by atoms with E-state index in [0.717, 1.165) is 19.3 Å². The van der Waals surface area contributed by atoms with Crippen LogP contribution < -0.4 is 0 Å². The maximum atomic E-state index is 11.8. The molecule has 0 spiro atoms. The lowest BCUT2D eigenvalue weighted by Crippen LogP contribution is -2.55. The van der Waals surface area contributed by atoms with Crippen LogP contribution in [-0.4, -0.2) is 40.4 Å². The van der Waals surface area contributed by atoms with Gasteiger partial charge in [-0.05, 0) is 25.7 Å². The smallest absolute Gasteiger partial charge is 0.411 e. The van der Waals surface area contributed by atoms with Gasteiger partial charge in [0, 0.05) is 6.54 Å². The van der Waals surface area contributed by atoms with Gasteiger partial charge < -0.3 is 9.84 Å². The van der Waals surface area contributed by atoms with Crippen molar-refractivity contribution in [1.82, 2.24) is 4.90 Å². The van der Waals surface area contributed by atoms with Crippen LogP contribution in [-0.2, 0) is 4.74 Å². The van der Waals surface area contributed by atoms with Crippen LogP contribution in [0.15, 0.2) is 25.3 Å². The van der Waals surface area contributed by atoms with Gasteiger partial charge in [-0.3, -0.25) is 4.90 Å². The van der Waals surface area contributed by atoms with Gasteiger partial charge in [-0.25, -0.2) is 4.79 Å². The number of piperidine rings is 1. The molecular formula is C13H19NO3. The van der Waals surface area contributed by atoms with Gasteiger partial charge >= 0.3 is 6.09 Å². The van der Waals surface area contributed by atoms with Crippen molar-refractivity contribution >= 4 is 6.09 Å². The number of aliphatic hydroxyl groups is 1. The van der Waals surface area contributed by atoms with Gasteiger partial charge in [0.1, 0.15) is 5.54 Å². The molecule has 2 saturated heterocycles. The lowest BCUT2D eigenvalue weighted by Gasteiger charge is -2.41. The molecule has 2 aliphatic rings. The summed E-state index contributed by atoms with van der Waals surface area (Å²) in [7, 11) is 0. The van der Waals surface area contributed by atoms with Crippen molar-refractivity contribution < 1.29 is 14.6 Å². The number of carbonyl (C=O) groups excluding carboxylic acids is 1. The van der Waals surface area contributed by atoms with Crippen LogP contribution in [0.1, 0.15) is 25.7 Å². The number of aliphatic hydroxyl groups excluding tert-OH is 1. The zero-order chi connectivity index (χ0) is 12.5. The number of ether oxygens (including phenoxy) is 1. The molecule has 2 rings (SSSR count). The first-order valence-electron chi connectivity index (χ1n) is 6.06. The number of carbonyl (C=O) groups is 1. The third-order valence-corrected chi connectivity index (χ3v) is 3.76. The number of hydrogen-bond acceptors (Lipinski definition) is 3. The number of fused-ring (bicyclic) bond motifs is 1. The SMILES string of the molecule is C=CC[C@H](O)[C@@H]1OC(=O)N2CCCC[C@@]12C=C. The molecule has 4 heteroatoms. The molecular weight excluding hydrogens is 218 g/mol. The summed E-state index contributed by atoms with van der Waals surface area (Å²) in [5.41, 5.74) is -0.530. The zero-order valence-electron chi connectivity index (χ0n) is 9.97. The minimum atomic E-state index is -0.711. The van der Waals surface area contributed by atoms with Crippen molar-refractivity contribution in [3.8, 4) is 0 Å². The summed E-state index contributed by atoms with van der Waals surface area (Å²) in [6.45, 7) is 8.12. The lowest BCUT2D eigenvalue weighted by atomic mass is 9.80. The minimum absolute atomic E-state index is 0.335. The quantitative estimate of drug-likeness (QED) is 0.759. The van der Waals surface area contributed by atoms with E-state index < -0.39 is 17.7 Å². The fraction of sp³-hybridized carbons (Fsp3) is 0.615. The van der Waals surface area contributed by atoms with Crippen LogP contribution in [0, 0.1) is 0 Å². The first kappa shape index (κ1) is 12.2. The molecule has 0 unspecified atom stereocenters. The van der Waals surface area contributed by atoms with Crippen molar-refractivity contribution in [3.63, 3.8) is 0 Å². The molecule has 0 aromatic carbocycles. The molecule has 1 N–H and O–H groups in total. The van der Waals surface area contributed by atoms with E-state index in [-0.39, 0.29) is 6.09 Å². The number of cyclic esters (lactones) is 1. The summed E-state index contributed by atoms with van der Waals surface area (Å²) < 4.78 is 5.33. The Morgan fingerprint density at radius 2 is 2.35 bits per heavy atom. The summed E-state index contributed by atoms with van der Waals surface area (Å²) in [6, 6.07) is 0. The van der Waals surface area contributed by atoms with Crippen LogP contribution in [0.3, 0.4) is 0 Å². The Balaban J connectivity index is 2.29. The van der Waals surface area contributed by atoms with E-state index in [0.29, 0.717) is 13.0 Å². The van der Waals surface area contributed by atoms with E-state index in [1.54, 1.807) is 17.1 Å². The average Bonchev–Trinajstić information content (AvgIpc) is 2.64. The number of hydrogen-bond donors (Lipinski definition) is 1. The lowest BCUT2D eigenvalue weighted by molar-refractivity contribution is -0.00623. The van der Waals surface area contributed by atoms with Gasteiger partial charge in [-0.2, -0.15) is 0 Å². The molecule has 17 heavy (non-hydrogen) atoms. The first-order valence-corrected chi connectivity index (χ1v) is 6.06. The summed E-state index contributed by atoms with van der Waals surface area (Å²) in [5, 5.41) is 10.1. The van der Waals surface area contributed by atoms with Crippen molar-refractivity contribution in [2.24, 2.45) is 0 Å². The Morgan fingerprint density at radius 3 is 3.00 bits per heavy atom. The summed E-state index contributed by atoms with van der Waals surface area (Å²) >= 11 is 0. The molecule has 94 valence electrons. The van der Waals surface area contributed by atoms with Gasteiger partial charge in [0.15, 0.2) is 6.10 Å². The summed E-state index contributed by atoms with van der Waals surface area (Å²) in [6.07, 6.45) is 5.06. The van der Waals surface area contributed by atoms with Crippen LogP contribution >= 0.6 is 0 Å². The number of rotatable bonds is 4. The largest absolute Gasteiger partial charge is 0.440 e. The summed E-state index contributed by atoms with van der Waals surface area (Å²) in [4.78, 5) is 13.5. The monoisotopic (exact) mass is 237 g/mol. The van der Waals surface area contributed by atoms with E-state index in [4.69, 9.17) is 4.74 Å². The molecule has 0 bridgehead atoms. The van der Waals surface area contributed by atoms with Crippen molar-refractivity contribution in [1.29, 1.82) is 0 Å². The second-order valence-corrected chi connectivity index (χ2v) is 4.70. The standard InChI is InChI=1S/C13H19NO3/c1-3-7-10(15)11-13(4-2)8-5-6-9-14(13)12(16)17-11/h3-4,10-11,15H,1-2,5-9H2/t10-,11-,13-/m0/s1. The topological polar surface area (TPSA) is 49.8 Å². The van der Waals surface area contributed by atoms with E-state index in [2.05, 4.69) is 13.2 Å².